The van der Waals surface area contributed by atoms with Gasteiger partial charge in [0.1, 0.15) is 11.3 Å². The number of aromatic hydroxyl groups is 1. The number of benzene rings is 2. The Bertz CT molecular complexity index is 1130. The third-order valence-corrected chi connectivity index (χ3v) is 5.43. The second-order valence-electron chi connectivity index (χ2n) is 7.24. The molecule has 1 unspecified atom stereocenters. The molecule has 0 spiro atoms. The Morgan fingerprint density at radius 3 is 2.61 bits per heavy atom. The summed E-state index contributed by atoms with van der Waals surface area (Å²) in [6.45, 7) is 6.38. The summed E-state index contributed by atoms with van der Waals surface area (Å²) >= 11 is 0. The number of fused-ring (bicyclic) bond motifs is 1. The van der Waals surface area contributed by atoms with Gasteiger partial charge in [0.2, 0.25) is 11.8 Å². The van der Waals surface area contributed by atoms with Crippen LogP contribution in [-0.2, 0) is 14.3 Å². The number of hydrogen-bond acceptors (Lipinski definition) is 7. The maximum absolute atomic E-state index is 12.9. The number of hydrogen-bond donors (Lipinski definition) is 2. The third kappa shape index (κ3) is 3.42. The van der Waals surface area contributed by atoms with Gasteiger partial charge in [-0.05, 0) is 39.0 Å². The number of phenolic OH excluding ortho intramolecular Hbond substituents is 1. The number of ether oxygens (including phenoxy) is 2. The quantitative estimate of drug-likeness (QED) is 0.725. The normalized spacial score (nSPS) is 18.0. The first-order chi connectivity index (χ1) is 15.0. The van der Waals surface area contributed by atoms with Crippen LogP contribution in [0.3, 0.4) is 0 Å². The molecule has 0 aliphatic carbocycles. The first-order valence-corrected chi connectivity index (χ1v) is 10.3. The van der Waals surface area contributed by atoms with Gasteiger partial charge in [-0.15, -0.1) is 0 Å². The molecular weight excluding hydrogens is 394 g/mol. The van der Waals surface area contributed by atoms with E-state index < -0.39 is 11.9 Å². The number of nitrogens with two attached hydrogens (primary N) is 1. The molecule has 2 aliphatic rings. The first kappa shape index (κ1) is 20.5. The molecule has 0 aromatic heterocycles. The summed E-state index contributed by atoms with van der Waals surface area (Å²) in [5, 5.41) is 10.7. The summed E-state index contributed by atoms with van der Waals surface area (Å²) in [7, 11) is 0. The van der Waals surface area contributed by atoms with Gasteiger partial charge in [-0.25, -0.2) is 4.79 Å². The van der Waals surface area contributed by atoms with Crippen LogP contribution in [0.15, 0.2) is 76.4 Å². The van der Waals surface area contributed by atoms with Crippen molar-refractivity contribution in [1.82, 2.24) is 0 Å². The number of phenols is 1. The fraction of sp³-hybridized carbons (Fsp3) is 0.250. The smallest absolute Gasteiger partial charge is 0.340 e. The Morgan fingerprint density at radius 2 is 1.90 bits per heavy atom. The molecule has 4 rings (SSSR count). The highest BCUT2D eigenvalue weighted by Crippen LogP contribution is 2.47. The molecular formula is C24H25N3O4. The Kier molecular flexibility index (Phi) is 5.42. The first-order valence-electron chi connectivity index (χ1n) is 10.3. The molecule has 3 N–H and O–H groups in total. The van der Waals surface area contributed by atoms with Crippen molar-refractivity contribution in [2.24, 2.45) is 10.7 Å². The molecule has 0 radical (unpaired) electrons. The van der Waals surface area contributed by atoms with E-state index in [0.717, 1.165) is 11.4 Å². The maximum Gasteiger partial charge on any atom is 0.340 e. The summed E-state index contributed by atoms with van der Waals surface area (Å²) in [6, 6.07) is 14.6. The van der Waals surface area contributed by atoms with E-state index in [2.05, 4.69) is 0 Å². The van der Waals surface area contributed by atoms with Crippen LogP contribution in [0.2, 0.25) is 0 Å². The van der Waals surface area contributed by atoms with E-state index in [-0.39, 0.29) is 23.8 Å². The lowest BCUT2D eigenvalue weighted by Gasteiger charge is -2.34. The average Bonchev–Trinajstić information content (AvgIpc) is 2.86. The van der Waals surface area contributed by atoms with Gasteiger partial charge in [0.25, 0.3) is 0 Å². The predicted molar refractivity (Wildman–Crippen MR) is 119 cm³/mol. The Morgan fingerprint density at radius 1 is 1.19 bits per heavy atom. The second kappa shape index (κ2) is 8.18. The highest BCUT2D eigenvalue weighted by atomic mass is 16.5. The van der Waals surface area contributed by atoms with Gasteiger partial charge in [0, 0.05) is 23.4 Å². The van der Waals surface area contributed by atoms with Crippen molar-refractivity contribution >= 4 is 23.1 Å². The lowest BCUT2D eigenvalue weighted by atomic mass is 9.81. The number of allylic oxidation sites excluding steroid dienone is 1. The zero-order valence-electron chi connectivity index (χ0n) is 17.8. The van der Waals surface area contributed by atoms with Crippen molar-refractivity contribution in [1.29, 1.82) is 0 Å². The number of nitrogens with zero attached hydrogens (tertiary/aromatic N) is 2. The van der Waals surface area contributed by atoms with E-state index in [1.54, 1.807) is 31.2 Å². The molecule has 0 bridgehead atoms. The van der Waals surface area contributed by atoms with E-state index in [1.165, 1.54) is 0 Å². The SMILES string of the molecule is CCOC(=O)C1=C(N)OC2=C(C(C)=Nc3ccccc3N2CC)C1c1ccccc1O. The van der Waals surface area contributed by atoms with E-state index in [1.807, 2.05) is 43.0 Å². The van der Waals surface area contributed by atoms with Gasteiger partial charge in [-0.2, -0.15) is 0 Å². The molecule has 2 heterocycles. The van der Waals surface area contributed by atoms with Crippen molar-refractivity contribution in [3.63, 3.8) is 0 Å². The number of anilines is 1. The fourth-order valence-corrected chi connectivity index (χ4v) is 4.11. The minimum absolute atomic E-state index is 0.0453. The van der Waals surface area contributed by atoms with E-state index in [9.17, 15) is 9.90 Å². The number of esters is 1. The third-order valence-electron chi connectivity index (χ3n) is 5.43. The van der Waals surface area contributed by atoms with Crippen LogP contribution in [0.25, 0.3) is 0 Å². The van der Waals surface area contributed by atoms with Crippen LogP contribution in [0.1, 0.15) is 32.3 Å². The molecule has 0 saturated heterocycles. The van der Waals surface area contributed by atoms with Gasteiger partial charge in [-0.1, -0.05) is 30.3 Å². The zero-order valence-corrected chi connectivity index (χ0v) is 17.8. The highest BCUT2D eigenvalue weighted by Gasteiger charge is 2.42. The minimum Gasteiger partial charge on any atom is -0.508 e. The van der Waals surface area contributed by atoms with Crippen molar-refractivity contribution in [2.75, 3.05) is 18.1 Å². The van der Waals surface area contributed by atoms with Crippen LogP contribution in [0, 0.1) is 0 Å². The number of para-hydroxylation sites is 3. The van der Waals surface area contributed by atoms with Crippen LogP contribution in [0.5, 0.6) is 5.75 Å². The number of carbonyl (C=O) groups excluding carboxylic acids is 1. The Hall–Kier alpha value is -3.74. The van der Waals surface area contributed by atoms with Gasteiger partial charge in [0.05, 0.1) is 23.9 Å². The van der Waals surface area contributed by atoms with Crippen molar-refractivity contribution in [2.45, 2.75) is 26.7 Å². The summed E-state index contributed by atoms with van der Waals surface area (Å²) in [5.74, 6) is -0.787. The minimum atomic E-state index is -0.698. The molecule has 160 valence electrons. The monoisotopic (exact) mass is 419 g/mol. The van der Waals surface area contributed by atoms with Crippen molar-refractivity contribution < 1.29 is 19.4 Å². The van der Waals surface area contributed by atoms with E-state index >= 15 is 0 Å². The topological polar surface area (TPSA) is 97.4 Å². The van der Waals surface area contributed by atoms with Crippen molar-refractivity contribution in [3.8, 4) is 5.75 Å². The molecule has 31 heavy (non-hydrogen) atoms. The summed E-state index contributed by atoms with van der Waals surface area (Å²) < 4.78 is 11.4. The second-order valence-corrected chi connectivity index (χ2v) is 7.24. The van der Waals surface area contributed by atoms with E-state index in [4.69, 9.17) is 20.2 Å². The van der Waals surface area contributed by atoms with Crippen molar-refractivity contribution in [3.05, 3.63) is 77.0 Å². The van der Waals surface area contributed by atoms with Crippen LogP contribution >= 0.6 is 0 Å². The van der Waals surface area contributed by atoms with Gasteiger partial charge < -0.3 is 25.2 Å². The molecule has 2 aromatic rings. The highest BCUT2D eigenvalue weighted by molar-refractivity contribution is 6.07. The van der Waals surface area contributed by atoms with E-state index in [0.29, 0.717) is 29.3 Å². The molecule has 7 nitrogen and oxygen atoms in total. The number of carbonyl (C=O) groups is 1. The molecule has 7 heteroatoms. The summed E-state index contributed by atoms with van der Waals surface area (Å²) in [6.07, 6.45) is 0. The largest absolute Gasteiger partial charge is 0.508 e. The van der Waals surface area contributed by atoms with Gasteiger partial charge >= 0.3 is 5.97 Å². The average molecular weight is 419 g/mol. The molecule has 0 saturated carbocycles. The molecule has 0 amide bonds. The molecule has 1 atom stereocenters. The van der Waals surface area contributed by atoms with Crippen LogP contribution in [0.4, 0.5) is 11.4 Å². The Labute approximate surface area is 181 Å². The standard InChI is InChI=1S/C24H25N3O4/c1-4-27-17-12-8-7-11-16(17)26-14(3)19-20(15-10-6-9-13-18(15)28)21(24(29)30-5-2)22(25)31-23(19)27/h6-13,20,28H,4-5,25H2,1-3H3. The lowest BCUT2D eigenvalue weighted by molar-refractivity contribution is -0.139. The van der Waals surface area contributed by atoms with Gasteiger partial charge in [0.15, 0.2) is 0 Å². The number of rotatable bonds is 4. The fourth-order valence-electron chi connectivity index (χ4n) is 4.11. The lowest BCUT2D eigenvalue weighted by Crippen LogP contribution is -2.35. The molecule has 2 aromatic carbocycles. The van der Waals surface area contributed by atoms with Gasteiger partial charge in [-0.3, -0.25) is 4.99 Å². The summed E-state index contributed by atoms with van der Waals surface area (Å²) in [4.78, 5) is 19.8. The number of aliphatic imine (C=N–C) groups is 1. The summed E-state index contributed by atoms with van der Waals surface area (Å²) in [5.41, 5.74) is 9.97. The Balaban J connectivity index is 2.01. The van der Waals surface area contributed by atoms with Crippen LogP contribution in [-0.4, -0.2) is 29.9 Å². The molecule has 0 fully saturated rings. The zero-order chi connectivity index (χ0) is 22.1. The molecule has 2 aliphatic heterocycles. The maximum atomic E-state index is 12.9. The van der Waals surface area contributed by atoms with Crippen LogP contribution < -0.4 is 10.6 Å². The predicted octanol–water partition coefficient (Wildman–Crippen LogP) is 4.08.